The Morgan fingerprint density at radius 3 is 2.35 bits per heavy atom. The number of rotatable bonds is 2. The third-order valence-electron chi connectivity index (χ3n) is 2.77. The molecule has 1 N–H and O–H groups in total. The van der Waals surface area contributed by atoms with Crippen LogP contribution in [0, 0.1) is 6.92 Å². The molecule has 0 fully saturated rings. The van der Waals surface area contributed by atoms with Crippen molar-refractivity contribution in [1.29, 1.82) is 0 Å². The quantitative estimate of drug-likeness (QED) is 0.773. The van der Waals surface area contributed by atoms with E-state index >= 15 is 0 Å². The highest BCUT2D eigenvalue weighted by molar-refractivity contribution is 5.49. The van der Waals surface area contributed by atoms with Crippen molar-refractivity contribution in [2.24, 2.45) is 0 Å². The zero-order valence-corrected chi connectivity index (χ0v) is 11.6. The van der Waals surface area contributed by atoms with E-state index < -0.39 is 0 Å². The standard InChI is InChI=1S/C15H22O2/c1-7-11(3)17-12-8-10(2)14(16)13(9-12)15(4,5)6/h7-9,16H,1-6H3. The Kier molecular flexibility index (Phi) is 3.87. The highest BCUT2D eigenvalue weighted by Crippen LogP contribution is 2.36. The number of benzene rings is 1. The highest BCUT2D eigenvalue weighted by Gasteiger charge is 2.20. The molecule has 1 rings (SSSR count). The predicted octanol–water partition coefficient (Wildman–Crippen LogP) is 4.30. The SMILES string of the molecule is CC=C(C)Oc1cc(C)c(O)c(C(C)(C)C)c1. The lowest BCUT2D eigenvalue weighted by Gasteiger charge is -2.22. The normalized spacial score (nSPS) is 12.7. The molecule has 0 spiro atoms. The van der Waals surface area contributed by atoms with Gasteiger partial charge in [0, 0.05) is 5.56 Å². The molecule has 0 bridgehead atoms. The first-order valence-corrected chi connectivity index (χ1v) is 5.90. The van der Waals surface area contributed by atoms with E-state index in [9.17, 15) is 5.11 Å². The van der Waals surface area contributed by atoms with Gasteiger partial charge >= 0.3 is 0 Å². The molecular formula is C15H22O2. The fourth-order valence-electron chi connectivity index (χ4n) is 1.62. The Morgan fingerprint density at radius 2 is 1.88 bits per heavy atom. The molecule has 0 aromatic heterocycles. The van der Waals surface area contributed by atoms with Crippen molar-refractivity contribution in [2.75, 3.05) is 0 Å². The number of aromatic hydroxyl groups is 1. The minimum absolute atomic E-state index is 0.0992. The summed E-state index contributed by atoms with van der Waals surface area (Å²) in [6, 6.07) is 3.77. The second-order valence-corrected chi connectivity index (χ2v) is 5.39. The summed E-state index contributed by atoms with van der Waals surface area (Å²) in [4.78, 5) is 0. The van der Waals surface area contributed by atoms with E-state index in [0.717, 1.165) is 22.6 Å². The van der Waals surface area contributed by atoms with E-state index in [2.05, 4.69) is 20.8 Å². The van der Waals surface area contributed by atoms with Crippen LogP contribution >= 0.6 is 0 Å². The van der Waals surface area contributed by atoms with Crippen LogP contribution < -0.4 is 4.74 Å². The van der Waals surface area contributed by atoms with E-state index in [-0.39, 0.29) is 5.41 Å². The van der Waals surface area contributed by atoms with Crippen molar-refractivity contribution in [1.82, 2.24) is 0 Å². The molecule has 0 amide bonds. The van der Waals surface area contributed by atoms with Crippen molar-refractivity contribution in [3.8, 4) is 11.5 Å². The summed E-state index contributed by atoms with van der Waals surface area (Å²) in [5.74, 6) is 2.00. The first-order chi connectivity index (χ1) is 7.75. The Bertz CT molecular complexity index is 437. The highest BCUT2D eigenvalue weighted by atomic mass is 16.5. The first-order valence-electron chi connectivity index (χ1n) is 5.90. The van der Waals surface area contributed by atoms with Gasteiger partial charge in [-0.25, -0.2) is 0 Å². The summed E-state index contributed by atoms with van der Waals surface area (Å²) in [5.41, 5.74) is 1.66. The maximum absolute atomic E-state index is 10.1. The molecule has 17 heavy (non-hydrogen) atoms. The van der Waals surface area contributed by atoms with Crippen LogP contribution in [0.4, 0.5) is 0 Å². The molecule has 0 saturated carbocycles. The monoisotopic (exact) mass is 234 g/mol. The molecular weight excluding hydrogens is 212 g/mol. The number of ether oxygens (including phenoxy) is 1. The summed E-state index contributed by atoms with van der Waals surface area (Å²) in [6.45, 7) is 12.0. The van der Waals surface area contributed by atoms with Gasteiger partial charge in [0.1, 0.15) is 11.5 Å². The number of allylic oxidation sites excluding steroid dienone is 2. The van der Waals surface area contributed by atoms with Gasteiger partial charge in [-0.2, -0.15) is 0 Å². The van der Waals surface area contributed by atoms with E-state index in [1.807, 2.05) is 39.0 Å². The van der Waals surface area contributed by atoms with Crippen LogP contribution in [0.3, 0.4) is 0 Å². The average Bonchev–Trinajstić information content (AvgIpc) is 2.21. The molecule has 94 valence electrons. The van der Waals surface area contributed by atoms with Gasteiger partial charge in [0.2, 0.25) is 0 Å². The predicted molar refractivity (Wildman–Crippen MR) is 71.6 cm³/mol. The van der Waals surface area contributed by atoms with E-state index in [4.69, 9.17) is 4.74 Å². The largest absolute Gasteiger partial charge is 0.507 e. The second-order valence-electron chi connectivity index (χ2n) is 5.39. The van der Waals surface area contributed by atoms with Crippen molar-refractivity contribution >= 4 is 0 Å². The fraction of sp³-hybridized carbons (Fsp3) is 0.467. The zero-order valence-electron chi connectivity index (χ0n) is 11.6. The third-order valence-corrected chi connectivity index (χ3v) is 2.77. The summed E-state index contributed by atoms with van der Waals surface area (Å²) < 4.78 is 5.69. The molecule has 1 aromatic carbocycles. The number of phenolic OH excluding ortho intramolecular Hbond substituents is 1. The Hall–Kier alpha value is -1.44. The second kappa shape index (κ2) is 4.82. The van der Waals surface area contributed by atoms with Crippen LogP contribution in [-0.4, -0.2) is 5.11 Å². The van der Waals surface area contributed by atoms with Crippen LogP contribution in [-0.2, 0) is 5.41 Å². The molecule has 0 radical (unpaired) electrons. The lowest BCUT2D eigenvalue weighted by molar-refractivity contribution is 0.413. The van der Waals surface area contributed by atoms with Crippen molar-refractivity contribution in [3.63, 3.8) is 0 Å². The van der Waals surface area contributed by atoms with Gasteiger partial charge in [-0.3, -0.25) is 0 Å². The summed E-state index contributed by atoms with van der Waals surface area (Å²) >= 11 is 0. The lowest BCUT2D eigenvalue weighted by atomic mass is 9.85. The fourth-order valence-corrected chi connectivity index (χ4v) is 1.62. The third kappa shape index (κ3) is 3.26. The van der Waals surface area contributed by atoms with Crippen LogP contribution in [0.2, 0.25) is 0 Å². The molecule has 1 aromatic rings. The van der Waals surface area contributed by atoms with Gasteiger partial charge in [0.15, 0.2) is 0 Å². The summed E-state index contributed by atoms with van der Waals surface area (Å²) in [5, 5.41) is 10.1. The van der Waals surface area contributed by atoms with Crippen molar-refractivity contribution in [3.05, 3.63) is 35.1 Å². The number of hydrogen-bond donors (Lipinski definition) is 1. The smallest absolute Gasteiger partial charge is 0.127 e. The molecule has 0 atom stereocenters. The zero-order chi connectivity index (χ0) is 13.2. The Balaban J connectivity index is 3.24. The lowest BCUT2D eigenvalue weighted by Crippen LogP contribution is -2.12. The molecule has 0 heterocycles. The van der Waals surface area contributed by atoms with Crippen LogP contribution in [0.15, 0.2) is 24.0 Å². The average molecular weight is 234 g/mol. The van der Waals surface area contributed by atoms with Gasteiger partial charge in [0.25, 0.3) is 0 Å². The maximum Gasteiger partial charge on any atom is 0.127 e. The van der Waals surface area contributed by atoms with E-state index in [1.54, 1.807) is 0 Å². The van der Waals surface area contributed by atoms with Gasteiger partial charge in [-0.1, -0.05) is 20.8 Å². The topological polar surface area (TPSA) is 29.5 Å². The summed E-state index contributed by atoms with van der Waals surface area (Å²) in [7, 11) is 0. The minimum atomic E-state index is -0.0992. The van der Waals surface area contributed by atoms with E-state index in [0.29, 0.717) is 5.75 Å². The van der Waals surface area contributed by atoms with Gasteiger partial charge in [0.05, 0.1) is 5.76 Å². The number of phenols is 1. The van der Waals surface area contributed by atoms with Crippen LogP contribution in [0.1, 0.15) is 45.7 Å². The van der Waals surface area contributed by atoms with Crippen LogP contribution in [0.25, 0.3) is 0 Å². The number of hydrogen-bond acceptors (Lipinski definition) is 2. The Morgan fingerprint density at radius 1 is 1.29 bits per heavy atom. The van der Waals surface area contributed by atoms with Crippen LogP contribution in [0.5, 0.6) is 11.5 Å². The molecule has 2 heteroatoms. The van der Waals surface area contributed by atoms with Gasteiger partial charge in [-0.05, 0) is 50.0 Å². The van der Waals surface area contributed by atoms with Gasteiger partial charge in [-0.15, -0.1) is 0 Å². The van der Waals surface area contributed by atoms with Gasteiger partial charge < -0.3 is 9.84 Å². The maximum atomic E-state index is 10.1. The first kappa shape index (κ1) is 13.6. The molecule has 0 unspecified atom stereocenters. The molecule has 0 aliphatic rings. The molecule has 0 aliphatic heterocycles. The van der Waals surface area contributed by atoms with E-state index in [1.165, 1.54) is 0 Å². The minimum Gasteiger partial charge on any atom is -0.507 e. The molecule has 0 aliphatic carbocycles. The summed E-state index contributed by atoms with van der Waals surface area (Å²) in [6.07, 6.45) is 1.92. The number of aryl methyl sites for hydroxylation is 1. The Labute approximate surface area is 104 Å². The molecule has 2 nitrogen and oxygen atoms in total. The van der Waals surface area contributed by atoms with Crippen molar-refractivity contribution < 1.29 is 9.84 Å². The van der Waals surface area contributed by atoms with Crippen molar-refractivity contribution in [2.45, 2.75) is 47.0 Å². The molecule has 0 saturated heterocycles.